The van der Waals surface area contributed by atoms with Gasteiger partial charge in [-0.25, -0.2) is 0 Å². The van der Waals surface area contributed by atoms with Crippen molar-refractivity contribution in [3.63, 3.8) is 0 Å². The Hall–Kier alpha value is -0.700. The first-order valence-electron chi connectivity index (χ1n) is 5.90. The van der Waals surface area contributed by atoms with Crippen LogP contribution in [0.5, 0.6) is 0 Å². The summed E-state index contributed by atoms with van der Waals surface area (Å²) in [6.07, 6.45) is 2.57. The lowest BCUT2D eigenvalue weighted by Crippen LogP contribution is -2.37. The largest absolute Gasteiger partial charge is 0.375 e. The van der Waals surface area contributed by atoms with Crippen LogP contribution in [0.15, 0.2) is 0 Å². The van der Waals surface area contributed by atoms with E-state index in [9.17, 15) is 13.2 Å². The maximum atomic E-state index is 11.3. The van der Waals surface area contributed by atoms with Crippen LogP contribution in [0.2, 0.25) is 0 Å². The smallest absolute Gasteiger partial charge is 0.274 e. The van der Waals surface area contributed by atoms with Crippen LogP contribution in [-0.4, -0.2) is 56.1 Å². The Balaban J connectivity index is 1.66. The zero-order valence-electron chi connectivity index (χ0n) is 9.87. The molecule has 2 aliphatic rings. The fourth-order valence-corrected chi connectivity index (χ4v) is 2.48. The zero-order valence-corrected chi connectivity index (χ0v) is 10.7. The van der Waals surface area contributed by atoms with Gasteiger partial charge in [0.05, 0.1) is 19.3 Å². The summed E-state index contributed by atoms with van der Waals surface area (Å²) in [5.41, 5.74) is 0. The van der Waals surface area contributed by atoms with Gasteiger partial charge < -0.3 is 14.8 Å². The lowest BCUT2D eigenvalue weighted by molar-refractivity contribution is -0.119. The summed E-state index contributed by atoms with van der Waals surface area (Å²) < 4.78 is 40.2. The number of amides is 1. The predicted molar refractivity (Wildman–Crippen MR) is 61.7 cm³/mol. The van der Waals surface area contributed by atoms with Gasteiger partial charge in [-0.1, -0.05) is 0 Å². The fraction of sp³-hybridized carbons (Fsp3) is 0.900. The van der Waals surface area contributed by atoms with Gasteiger partial charge in [-0.05, 0) is 19.3 Å². The first-order valence-corrected chi connectivity index (χ1v) is 7.51. The van der Waals surface area contributed by atoms with Gasteiger partial charge in [-0.15, -0.1) is 0 Å². The van der Waals surface area contributed by atoms with Crippen molar-refractivity contribution in [2.24, 2.45) is 0 Å². The Morgan fingerprint density at radius 1 is 1.44 bits per heavy atom. The minimum Gasteiger partial charge on any atom is -0.375 e. The summed E-state index contributed by atoms with van der Waals surface area (Å²) in [4.78, 5) is 11.3. The number of ether oxygens (including phenoxy) is 2. The summed E-state index contributed by atoms with van der Waals surface area (Å²) in [5, 5.41) is 2.58. The monoisotopic (exact) mass is 279 g/mol. The average molecular weight is 279 g/mol. The van der Waals surface area contributed by atoms with Crippen LogP contribution in [-0.2, 0) is 24.4 Å². The van der Waals surface area contributed by atoms with Crippen molar-refractivity contribution in [2.45, 2.75) is 37.5 Å². The van der Waals surface area contributed by atoms with Crippen molar-refractivity contribution >= 4 is 16.0 Å². The standard InChI is InChI=1S/C10H17NO6S/c12-10(6-18(13,14)15)11-7-1-2-8(3-7)16-4-9-5-17-9/h7-9H,1-6H2,(H,11,12)(H,13,14,15). The van der Waals surface area contributed by atoms with Crippen LogP contribution in [0.3, 0.4) is 0 Å². The number of rotatable bonds is 6. The number of carbonyl (C=O) groups is 1. The van der Waals surface area contributed by atoms with E-state index in [1.807, 2.05) is 0 Å². The highest BCUT2D eigenvalue weighted by molar-refractivity contribution is 7.86. The highest BCUT2D eigenvalue weighted by Crippen LogP contribution is 2.23. The minimum atomic E-state index is -4.25. The summed E-state index contributed by atoms with van der Waals surface area (Å²) in [5.74, 6) is -1.56. The molecule has 2 fully saturated rings. The van der Waals surface area contributed by atoms with E-state index in [4.69, 9.17) is 14.0 Å². The first-order chi connectivity index (χ1) is 8.42. The topological polar surface area (TPSA) is 105 Å². The van der Waals surface area contributed by atoms with Crippen LogP contribution >= 0.6 is 0 Å². The van der Waals surface area contributed by atoms with Crippen molar-refractivity contribution in [1.82, 2.24) is 5.32 Å². The molecule has 0 spiro atoms. The Kier molecular flexibility index (Phi) is 4.21. The highest BCUT2D eigenvalue weighted by Gasteiger charge is 2.30. The molecule has 104 valence electrons. The molecular formula is C10H17NO6S. The molecule has 3 unspecified atom stereocenters. The van der Waals surface area contributed by atoms with E-state index in [2.05, 4.69) is 5.32 Å². The van der Waals surface area contributed by atoms with Crippen LogP contribution in [0, 0.1) is 0 Å². The van der Waals surface area contributed by atoms with Crippen molar-refractivity contribution in [1.29, 1.82) is 0 Å². The van der Waals surface area contributed by atoms with E-state index < -0.39 is 21.8 Å². The van der Waals surface area contributed by atoms with Crippen LogP contribution in [0.25, 0.3) is 0 Å². The molecule has 1 aliphatic heterocycles. The summed E-state index contributed by atoms with van der Waals surface area (Å²) in [7, 11) is -4.25. The Morgan fingerprint density at radius 3 is 2.78 bits per heavy atom. The van der Waals surface area contributed by atoms with E-state index in [-0.39, 0.29) is 18.2 Å². The second-order valence-electron chi connectivity index (χ2n) is 4.71. The molecule has 0 aromatic carbocycles. The maximum absolute atomic E-state index is 11.3. The molecule has 8 heteroatoms. The van der Waals surface area contributed by atoms with Crippen LogP contribution < -0.4 is 5.32 Å². The summed E-state index contributed by atoms with van der Waals surface area (Å²) in [6, 6.07) is -0.0793. The van der Waals surface area contributed by atoms with Gasteiger partial charge >= 0.3 is 0 Å². The van der Waals surface area contributed by atoms with Crippen molar-refractivity contribution in [2.75, 3.05) is 19.0 Å². The molecule has 0 aromatic rings. The molecule has 2 N–H and O–H groups in total. The molecule has 1 heterocycles. The van der Waals surface area contributed by atoms with Gasteiger partial charge in [0.2, 0.25) is 5.91 Å². The van der Waals surface area contributed by atoms with E-state index in [0.717, 1.165) is 19.4 Å². The van der Waals surface area contributed by atoms with Gasteiger partial charge in [0.1, 0.15) is 6.10 Å². The average Bonchev–Trinajstić information content (AvgIpc) is 2.94. The SMILES string of the molecule is O=C(CS(=O)(=O)O)NC1CCC(OCC2CO2)C1. The summed E-state index contributed by atoms with van der Waals surface area (Å²) in [6.45, 7) is 1.33. The minimum absolute atomic E-state index is 0.0793. The normalized spacial score (nSPS) is 31.3. The third-order valence-electron chi connectivity index (χ3n) is 2.98. The Labute approximate surface area is 106 Å². The summed E-state index contributed by atoms with van der Waals surface area (Å²) >= 11 is 0. The quantitative estimate of drug-likeness (QED) is 0.493. The molecule has 7 nitrogen and oxygen atoms in total. The molecule has 2 rings (SSSR count). The lowest BCUT2D eigenvalue weighted by Gasteiger charge is -2.13. The molecule has 0 aromatic heterocycles. The Bertz CT molecular complexity index is 405. The maximum Gasteiger partial charge on any atom is 0.274 e. The zero-order chi connectivity index (χ0) is 13.2. The molecule has 0 radical (unpaired) electrons. The molecular weight excluding hydrogens is 262 g/mol. The molecule has 1 aliphatic carbocycles. The number of hydrogen-bond donors (Lipinski definition) is 2. The number of nitrogens with one attached hydrogen (secondary N) is 1. The second kappa shape index (κ2) is 5.52. The van der Waals surface area contributed by atoms with Crippen molar-refractivity contribution < 1.29 is 27.2 Å². The van der Waals surface area contributed by atoms with Gasteiger partial charge in [0, 0.05) is 6.04 Å². The predicted octanol–water partition coefficient (Wildman–Crippen LogP) is -0.673. The van der Waals surface area contributed by atoms with Gasteiger partial charge in [0.25, 0.3) is 10.1 Å². The second-order valence-corrected chi connectivity index (χ2v) is 6.17. The number of hydrogen-bond acceptors (Lipinski definition) is 5. The molecule has 1 amide bonds. The number of epoxide rings is 1. The number of carbonyl (C=O) groups excluding carboxylic acids is 1. The molecule has 1 saturated carbocycles. The molecule has 3 atom stereocenters. The van der Waals surface area contributed by atoms with E-state index in [1.165, 1.54) is 0 Å². The molecule has 18 heavy (non-hydrogen) atoms. The van der Waals surface area contributed by atoms with Gasteiger partial charge in [-0.3, -0.25) is 9.35 Å². The highest BCUT2D eigenvalue weighted by atomic mass is 32.2. The molecule has 0 bridgehead atoms. The van der Waals surface area contributed by atoms with E-state index in [1.54, 1.807) is 0 Å². The van der Waals surface area contributed by atoms with Crippen molar-refractivity contribution in [3.8, 4) is 0 Å². The first kappa shape index (κ1) is 13.7. The molecule has 1 saturated heterocycles. The third-order valence-corrected chi connectivity index (χ3v) is 3.61. The van der Waals surface area contributed by atoms with Crippen LogP contribution in [0.4, 0.5) is 0 Å². The van der Waals surface area contributed by atoms with Crippen molar-refractivity contribution in [3.05, 3.63) is 0 Å². The van der Waals surface area contributed by atoms with Gasteiger partial charge in [0.15, 0.2) is 5.75 Å². The third kappa shape index (κ3) is 4.89. The fourth-order valence-electron chi connectivity index (χ4n) is 2.07. The van der Waals surface area contributed by atoms with Gasteiger partial charge in [-0.2, -0.15) is 8.42 Å². The van der Waals surface area contributed by atoms with E-state index >= 15 is 0 Å². The van der Waals surface area contributed by atoms with Crippen LogP contribution in [0.1, 0.15) is 19.3 Å². The lowest BCUT2D eigenvalue weighted by atomic mass is 10.2. The Morgan fingerprint density at radius 2 is 2.17 bits per heavy atom. The van der Waals surface area contributed by atoms with E-state index in [0.29, 0.717) is 13.0 Å².